The summed E-state index contributed by atoms with van der Waals surface area (Å²) >= 11 is 0. The molecule has 26 heavy (non-hydrogen) atoms. The van der Waals surface area contributed by atoms with Crippen molar-refractivity contribution >= 4 is 17.5 Å². The number of benzene rings is 2. The average molecular weight is 353 g/mol. The number of nitrogens with zero attached hydrogens (tertiary/aromatic N) is 2. The molecule has 1 amide bonds. The maximum atomic E-state index is 12.1. The minimum Gasteiger partial charge on any atom is -0.445 e. The molecule has 1 heterocycles. The quantitative estimate of drug-likeness (QED) is 0.861. The third-order valence-corrected chi connectivity index (χ3v) is 4.69. The van der Waals surface area contributed by atoms with Crippen molar-refractivity contribution in [2.24, 2.45) is 0 Å². The van der Waals surface area contributed by atoms with Crippen LogP contribution in [0, 0.1) is 0 Å². The SMILES string of the molecule is CN(C)c1ccc(NC(=O)OC2CCN(CCc3ccccc3)C2)cc1. The van der Waals surface area contributed by atoms with E-state index in [1.165, 1.54) is 5.56 Å². The number of likely N-dealkylation sites (tertiary alicyclic amines) is 1. The Balaban J connectivity index is 1.41. The zero-order valence-corrected chi connectivity index (χ0v) is 15.5. The zero-order chi connectivity index (χ0) is 18.4. The van der Waals surface area contributed by atoms with E-state index < -0.39 is 0 Å². The molecule has 138 valence electrons. The van der Waals surface area contributed by atoms with Gasteiger partial charge in [-0.2, -0.15) is 0 Å². The zero-order valence-electron chi connectivity index (χ0n) is 15.5. The van der Waals surface area contributed by atoms with E-state index in [0.717, 1.165) is 43.9 Å². The molecule has 0 aromatic heterocycles. The van der Waals surface area contributed by atoms with Gasteiger partial charge in [0.2, 0.25) is 0 Å². The summed E-state index contributed by atoms with van der Waals surface area (Å²) in [5, 5.41) is 2.81. The first-order chi connectivity index (χ1) is 12.6. The normalized spacial score (nSPS) is 17.1. The number of carbonyl (C=O) groups excluding carboxylic acids is 1. The van der Waals surface area contributed by atoms with Crippen molar-refractivity contribution in [3.05, 3.63) is 60.2 Å². The summed E-state index contributed by atoms with van der Waals surface area (Å²) in [5.74, 6) is 0. The van der Waals surface area contributed by atoms with Gasteiger partial charge in [-0.05, 0) is 42.7 Å². The van der Waals surface area contributed by atoms with Crippen LogP contribution in [0.3, 0.4) is 0 Å². The first kappa shape index (κ1) is 18.3. The Hall–Kier alpha value is -2.53. The lowest BCUT2D eigenvalue weighted by molar-refractivity contribution is 0.114. The summed E-state index contributed by atoms with van der Waals surface area (Å²) in [6, 6.07) is 18.2. The van der Waals surface area contributed by atoms with Gasteiger partial charge in [-0.1, -0.05) is 30.3 Å². The van der Waals surface area contributed by atoms with E-state index in [1.54, 1.807) is 0 Å². The van der Waals surface area contributed by atoms with Crippen molar-refractivity contribution in [1.82, 2.24) is 4.90 Å². The number of anilines is 2. The maximum absolute atomic E-state index is 12.1. The predicted molar refractivity (Wildman–Crippen MR) is 106 cm³/mol. The topological polar surface area (TPSA) is 44.8 Å². The monoisotopic (exact) mass is 353 g/mol. The van der Waals surface area contributed by atoms with Gasteiger partial charge in [0.15, 0.2) is 0 Å². The van der Waals surface area contributed by atoms with E-state index in [0.29, 0.717) is 0 Å². The van der Waals surface area contributed by atoms with E-state index in [9.17, 15) is 4.79 Å². The number of hydrogen-bond acceptors (Lipinski definition) is 4. The summed E-state index contributed by atoms with van der Waals surface area (Å²) < 4.78 is 5.57. The lowest BCUT2D eigenvalue weighted by Crippen LogP contribution is -2.28. The van der Waals surface area contributed by atoms with Crippen molar-refractivity contribution < 1.29 is 9.53 Å². The van der Waals surface area contributed by atoms with Gasteiger partial charge in [-0.25, -0.2) is 4.79 Å². The lowest BCUT2D eigenvalue weighted by atomic mass is 10.1. The van der Waals surface area contributed by atoms with Gasteiger partial charge in [0.25, 0.3) is 0 Å². The molecule has 2 aromatic rings. The summed E-state index contributed by atoms with van der Waals surface area (Å²) in [5.41, 5.74) is 3.18. The standard InChI is InChI=1S/C21H27N3O2/c1-23(2)19-10-8-18(9-11-19)22-21(25)26-20-13-15-24(16-20)14-12-17-6-4-3-5-7-17/h3-11,20H,12-16H2,1-2H3,(H,22,25). The van der Waals surface area contributed by atoms with E-state index in [1.807, 2.05) is 49.3 Å². The van der Waals surface area contributed by atoms with Crippen LogP contribution in [0.25, 0.3) is 0 Å². The highest BCUT2D eigenvalue weighted by atomic mass is 16.6. The number of nitrogens with one attached hydrogen (secondary N) is 1. The van der Waals surface area contributed by atoms with Crippen LogP contribution in [0.2, 0.25) is 0 Å². The summed E-state index contributed by atoms with van der Waals surface area (Å²) in [6.45, 7) is 2.78. The van der Waals surface area contributed by atoms with Crippen LogP contribution in [0.15, 0.2) is 54.6 Å². The fourth-order valence-corrected chi connectivity index (χ4v) is 3.17. The van der Waals surface area contributed by atoms with E-state index in [2.05, 4.69) is 34.5 Å². The van der Waals surface area contributed by atoms with Crippen molar-refractivity contribution in [3.8, 4) is 0 Å². The highest BCUT2D eigenvalue weighted by Crippen LogP contribution is 2.17. The Bertz CT molecular complexity index is 701. The van der Waals surface area contributed by atoms with Crippen LogP contribution in [0.5, 0.6) is 0 Å². The second-order valence-electron chi connectivity index (χ2n) is 6.92. The third-order valence-electron chi connectivity index (χ3n) is 4.69. The summed E-state index contributed by atoms with van der Waals surface area (Å²) in [4.78, 5) is 16.5. The van der Waals surface area contributed by atoms with Gasteiger partial charge in [-0.15, -0.1) is 0 Å². The maximum Gasteiger partial charge on any atom is 0.411 e. The van der Waals surface area contributed by atoms with Crippen molar-refractivity contribution in [3.63, 3.8) is 0 Å². The molecule has 1 N–H and O–H groups in total. The van der Waals surface area contributed by atoms with Crippen LogP contribution >= 0.6 is 0 Å². The van der Waals surface area contributed by atoms with Crippen LogP contribution < -0.4 is 10.2 Å². The van der Waals surface area contributed by atoms with Crippen LogP contribution in [0.4, 0.5) is 16.2 Å². The van der Waals surface area contributed by atoms with Crippen molar-refractivity contribution in [2.75, 3.05) is 43.9 Å². The lowest BCUT2D eigenvalue weighted by Gasteiger charge is -2.17. The largest absolute Gasteiger partial charge is 0.445 e. The molecule has 1 atom stereocenters. The Morgan fingerprint density at radius 2 is 1.88 bits per heavy atom. The minimum absolute atomic E-state index is 0.0354. The fraction of sp³-hybridized carbons (Fsp3) is 0.381. The van der Waals surface area contributed by atoms with Gasteiger partial charge < -0.3 is 9.64 Å². The molecule has 5 heteroatoms. The highest BCUT2D eigenvalue weighted by molar-refractivity contribution is 5.85. The molecule has 1 saturated heterocycles. The van der Waals surface area contributed by atoms with E-state index in [-0.39, 0.29) is 12.2 Å². The second kappa shape index (κ2) is 8.72. The molecule has 0 spiro atoms. The summed E-state index contributed by atoms with van der Waals surface area (Å²) in [7, 11) is 3.97. The molecular formula is C21H27N3O2. The molecule has 0 aliphatic carbocycles. The number of amides is 1. The second-order valence-corrected chi connectivity index (χ2v) is 6.92. The third kappa shape index (κ3) is 5.23. The van der Waals surface area contributed by atoms with Gasteiger partial charge in [-0.3, -0.25) is 10.2 Å². The molecule has 0 radical (unpaired) electrons. The highest BCUT2D eigenvalue weighted by Gasteiger charge is 2.25. The Morgan fingerprint density at radius 1 is 1.15 bits per heavy atom. The molecule has 0 saturated carbocycles. The molecule has 0 bridgehead atoms. The fourth-order valence-electron chi connectivity index (χ4n) is 3.17. The number of hydrogen-bond donors (Lipinski definition) is 1. The van der Waals surface area contributed by atoms with Gasteiger partial charge in [0.05, 0.1) is 0 Å². The molecule has 2 aromatic carbocycles. The Kier molecular flexibility index (Phi) is 6.12. The van der Waals surface area contributed by atoms with Gasteiger partial charge >= 0.3 is 6.09 Å². The minimum atomic E-state index is -0.377. The Labute approximate surface area is 155 Å². The molecule has 1 aliphatic rings. The van der Waals surface area contributed by atoms with Gasteiger partial charge in [0, 0.05) is 45.1 Å². The van der Waals surface area contributed by atoms with Crippen LogP contribution in [-0.2, 0) is 11.2 Å². The molecule has 1 unspecified atom stereocenters. The van der Waals surface area contributed by atoms with Crippen molar-refractivity contribution in [2.45, 2.75) is 18.9 Å². The average Bonchev–Trinajstić information content (AvgIpc) is 3.08. The Morgan fingerprint density at radius 3 is 2.58 bits per heavy atom. The number of carbonyl (C=O) groups is 1. The molecular weight excluding hydrogens is 326 g/mol. The first-order valence-corrected chi connectivity index (χ1v) is 9.11. The number of ether oxygens (including phenoxy) is 1. The predicted octanol–water partition coefficient (Wildman–Crippen LogP) is 3.62. The molecule has 1 fully saturated rings. The van der Waals surface area contributed by atoms with Crippen molar-refractivity contribution in [1.29, 1.82) is 0 Å². The van der Waals surface area contributed by atoms with Crippen LogP contribution in [-0.4, -0.2) is 50.8 Å². The smallest absolute Gasteiger partial charge is 0.411 e. The molecule has 1 aliphatic heterocycles. The van der Waals surface area contributed by atoms with Crippen LogP contribution in [0.1, 0.15) is 12.0 Å². The first-order valence-electron chi connectivity index (χ1n) is 9.11. The van der Waals surface area contributed by atoms with E-state index >= 15 is 0 Å². The summed E-state index contributed by atoms with van der Waals surface area (Å²) in [6.07, 6.45) is 1.50. The molecule has 5 nitrogen and oxygen atoms in total. The number of rotatable bonds is 6. The van der Waals surface area contributed by atoms with E-state index in [4.69, 9.17) is 4.74 Å². The van der Waals surface area contributed by atoms with Gasteiger partial charge in [0.1, 0.15) is 6.10 Å². The molecule has 3 rings (SSSR count).